The number of phenolic OH excluding ortho intramolecular Hbond substituents is 2. The van der Waals surface area contributed by atoms with E-state index in [1.807, 2.05) is 0 Å². The lowest BCUT2D eigenvalue weighted by molar-refractivity contribution is 0.0865. The van der Waals surface area contributed by atoms with Crippen LogP contribution in [0.2, 0.25) is 0 Å². The molecule has 0 radical (unpaired) electrons. The Bertz CT molecular complexity index is 374. The second-order valence-electron chi connectivity index (χ2n) is 3.62. The predicted octanol–water partition coefficient (Wildman–Crippen LogP) is 0.227. The Hall–Kier alpha value is -1.79. The van der Waals surface area contributed by atoms with Gasteiger partial charge in [0.1, 0.15) is 17.1 Å². The zero-order valence-electron chi connectivity index (χ0n) is 9.93. The van der Waals surface area contributed by atoms with E-state index in [2.05, 4.69) is 5.32 Å². The van der Waals surface area contributed by atoms with E-state index in [0.717, 1.165) is 0 Å². The van der Waals surface area contributed by atoms with Crippen LogP contribution in [0.4, 0.5) is 0 Å². The summed E-state index contributed by atoms with van der Waals surface area (Å²) in [4.78, 5) is 11.7. The van der Waals surface area contributed by atoms with E-state index in [-0.39, 0.29) is 30.3 Å². The number of ether oxygens (including phenoxy) is 1. The number of phenols is 2. The smallest absolute Gasteiger partial charge is 0.258 e. The van der Waals surface area contributed by atoms with Gasteiger partial charge in [-0.05, 0) is 18.6 Å². The van der Waals surface area contributed by atoms with Crippen LogP contribution in [-0.4, -0.2) is 47.6 Å². The van der Waals surface area contributed by atoms with Gasteiger partial charge in [0.2, 0.25) is 0 Å². The molecule has 0 aliphatic carbocycles. The van der Waals surface area contributed by atoms with E-state index in [1.54, 1.807) is 0 Å². The van der Waals surface area contributed by atoms with Crippen molar-refractivity contribution in [3.63, 3.8) is 0 Å². The van der Waals surface area contributed by atoms with E-state index < -0.39 is 5.91 Å². The van der Waals surface area contributed by atoms with Gasteiger partial charge in [-0.2, -0.15) is 0 Å². The Labute approximate surface area is 105 Å². The Morgan fingerprint density at radius 1 is 1.22 bits per heavy atom. The quantitative estimate of drug-likeness (QED) is 0.523. The van der Waals surface area contributed by atoms with Gasteiger partial charge >= 0.3 is 0 Å². The third kappa shape index (κ3) is 4.23. The number of amides is 1. The fourth-order valence-electron chi connectivity index (χ4n) is 1.39. The number of carbonyl (C=O) groups is 1. The van der Waals surface area contributed by atoms with Crippen LogP contribution in [0.3, 0.4) is 0 Å². The fraction of sp³-hybridized carbons (Fsp3) is 0.417. The molecule has 0 aromatic heterocycles. The first-order chi connectivity index (χ1) is 8.66. The second kappa shape index (κ2) is 7.52. The van der Waals surface area contributed by atoms with Crippen LogP contribution in [0.5, 0.6) is 11.5 Å². The molecule has 0 atom stereocenters. The van der Waals surface area contributed by atoms with Crippen molar-refractivity contribution in [1.29, 1.82) is 0 Å². The molecule has 0 saturated carbocycles. The molecule has 0 spiro atoms. The van der Waals surface area contributed by atoms with Crippen molar-refractivity contribution in [2.45, 2.75) is 6.42 Å². The van der Waals surface area contributed by atoms with E-state index in [1.165, 1.54) is 18.2 Å². The molecule has 6 heteroatoms. The van der Waals surface area contributed by atoms with Gasteiger partial charge < -0.3 is 25.4 Å². The lowest BCUT2D eigenvalue weighted by Gasteiger charge is -2.08. The van der Waals surface area contributed by atoms with Gasteiger partial charge in [0.15, 0.2) is 0 Å². The highest BCUT2D eigenvalue weighted by Gasteiger charge is 2.14. The van der Waals surface area contributed by atoms with Crippen LogP contribution < -0.4 is 5.32 Å². The first-order valence-corrected chi connectivity index (χ1v) is 5.64. The zero-order chi connectivity index (χ0) is 13.4. The Morgan fingerprint density at radius 3 is 2.50 bits per heavy atom. The van der Waals surface area contributed by atoms with Crippen LogP contribution in [-0.2, 0) is 4.74 Å². The Morgan fingerprint density at radius 2 is 1.89 bits per heavy atom. The van der Waals surface area contributed by atoms with Crippen molar-refractivity contribution >= 4 is 5.91 Å². The van der Waals surface area contributed by atoms with Crippen molar-refractivity contribution in [3.05, 3.63) is 23.8 Å². The van der Waals surface area contributed by atoms with Crippen LogP contribution >= 0.6 is 0 Å². The first-order valence-electron chi connectivity index (χ1n) is 5.64. The fourth-order valence-corrected chi connectivity index (χ4v) is 1.39. The van der Waals surface area contributed by atoms with E-state index >= 15 is 0 Å². The van der Waals surface area contributed by atoms with Crippen LogP contribution in [0, 0.1) is 0 Å². The average molecular weight is 255 g/mol. The highest BCUT2D eigenvalue weighted by Crippen LogP contribution is 2.25. The number of rotatable bonds is 7. The maximum absolute atomic E-state index is 11.7. The normalized spacial score (nSPS) is 10.3. The molecule has 1 amide bonds. The molecule has 1 aromatic rings. The summed E-state index contributed by atoms with van der Waals surface area (Å²) in [6, 6.07) is 4.11. The number of carbonyl (C=O) groups excluding carboxylic acids is 1. The summed E-state index contributed by atoms with van der Waals surface area (Å²) in [5, 5.41) is 29.9. The second-order valence-corrected chi connectivity index (χ2v) is 3.62. The molecule has 100 valence electrons. The van der Waals surface area contributed by atoms with E-state index in [4.69, 9.17) is 9.84 Å². The van der Waals surface area contributed by atoms with Crippen LogP contribution in [0.25, 0.3) is 0 Å². The van der Waals surface area contributed by atoms with Crippen LogP contribution in [0.1, 0.15) is 16.8 Å². The molecule has 0 aliphatic heterocycles. The Kier molecular flexibility index (Phi) is 5.96. The molecule has 0 fully saturated rings. The molecule has 0 heterocycles. The number of hydrogen-bond donors (Lipinski definition) is 4. The SMILES string of the molecule is O=C(NCCCOCCO)c1c(O)cccc1O. The van der Waals surface area contributed by atoms with Gasteiger partial charge in [0.05, 0.1) is 13.2 Å². The molecule has 0 aliphatic rings. The van der Waals surface area contributed by atoms with Crippen molar-refractivity contribution in [2.24, 2.45) is 0 Å². The predicted molar refractivity (Wildman–Crippen MR) is 64.6 cm³/mol. The van der Waals surface area contributed by atoms with Gasteiger partial charge in [-0.1, -0.05) is 6.07 Å². The number of benzene rings is 1. The molecule has 1 aromatic carbocycles. The van der Waals surface area contributed by atoms with Crippen molar-refractivity contribution < 1.29 is 24.9 Å². The van der Waals surface area contributed by atoms with Gasteiger partial charge in [-0.15, -0.1) is 0 Å². The molecule has 6 nitrogen and oxygen atoms in total. The monoisotopic (exact) mass is 255 g/mol. The van der Waals surface area contributed by atoms with Gasteiger partial charge in [-0.25, -0.2) is 0 Å². The van der Waals surface area contributed by atoms with Crippen molar-refractivity contribution in [2.75, 3.05) is 26.4 Å². The molecular weight excluding hydrogens is 238 g/mol. The largest absolute Gasteiger partial charge is 0.507 e. The molecule has 4 N–H and O–H groups in total. The van der Waals surface area contributed by atoms with E-state index in [9.17, 15) is 15.0 Å². The summed E-state index contributed by atoms with van der Waals surface area (Å²) in [6.45, 7) is 1.03. The summed E-state index contributed by atoms with van der Waals surface area (Å²) in [5.74, 6) is -1.05. The summed E-state index contributed by atoms with van der Waals surface area (Å²) in [5.41, 5.74) is -0.131. The summed E-state index contributed by atoms with van der Waals surface area (Å²) in [6.07, 6.45) is 0.583. The number of hydrogen-bond acceptors (Lipinski definition) is 5. The minimum Gasteiger partial charge on any atom is -0.507 e. The molecule has 0 unspecified atom stereocenters. The van der Waals surface area contributed by atoms with Crippen LogP contribution in [0.15, 0.2) is 18.2 Å². The summed E-state index contributed by atoms with van der Waals surface area (Å²) in [7, 11) is 0. The topological polar surface area (TPSA) is 99.0 Å². The van der Waals surface area contributed by atoms with E-state index in [0.29, 0.717) is 19.6 Å². The average Bonchev–Trinajstić information content (AvgIpc) is 2.33. The minimum atomic E-state index is -0.534. The third-order valence-electron chi connectivity index (χ3n) is 2.23. The molecule has 1 rings (SSSR count). The maximum atomic E-state index is 11.7. The lowest BCUT2D eigenvalue weighted by atomic mass is 10.1. The number of aliphatic hydroxyl groups excluding tert-OH is 1. The zero-order valence-corrected chi connectivity index (χ0v) is 9.93. The number of aromatic hydroxyl groups is 2. The number of aliphatic hydroxyl groups is 1. The molecular formula is C12H17NO5. The highest BCUT2D eigenvalue weighted by atomic mass is 16.5. The molecule has 0 bridgehead atoms. The lowest BCUT2D eigenvalue weighted by Crippen LogP contribution is -2.25. The van der Waals surface area contributed by atoms with Crippen molar-refractivity contribution in [1.82, 2.24) is 5.32 Å². The Balaban J connectivity index is 2.37. The summed E-state index contributed by atoms with van der Waals surface area (Å²) >= 11 is 0. The van der Waals surface area contributed by atoms with Gasteiger partial charge in [0.25, 0.3) is 5.91 Å². The maximum Gasteiger partial charge on any atom is 0.258 e. The standard InChI is InChI=1S/C12H17NO5/c14-6-8-18-7-2-5-13-12(17)11-9(15)3-1-4-10(11)16/h1,3-4,14-16H,2,5-8H2,(H,13,17). The molecule has 18 heavy (non-hydrogen) atoms. The summed E-state index contributed by atoms with van der Waals surface area (Å²) < 4.78 is 5.02. The third-order valence-corrected chi connectivity index (χ3v) is 2.23. The first kappa shape index (κ1) is 14.3. The minimum absolute atomic E-state index is 0.0296. The van der Waals surface area contributed by atoms with Gasteiger partial charge in [0, 0.05) is 13.2 Å². The number of nitrogens with one attached hydrogen (secondary N) is 1. The van der Waals surface area contributed by atoms with Crippen molar-refractivity contribution in [3.8, 4) is 11.5 Å². The highest BCUT2D eigenvalue weighted by molar-refractivity contribution is 5.99. The molecule has 0 saturated heterocycles. The van der Waals surface area contributed by atoms with Gasteiger partial charge in [-0.3, -0.25) is 4.79 Å².